The highest BCUT2D eigenvalue weighted by Crippen LogP contribution is 2.27. The van der Waals surface area contributed by atoms with Gasteiger partial charge in [0, 0.05) is 17.6 Å². The number of nitrogens with zero attached hydrogens (tertiary/aromatic N) is 1. The van der Waals surface area contributed by atoms with Crippen molar-refractivity contribution < 1.29 is 9.90 Å². The molecular formula is C20H30N2O2. The van der Waals surface area contributed by atoms with Gasteiger partial charge in [0.2, 0.25) is 0 Å². The molecule has 0 bridgehead atoms. The molecule has 1 aromatic rings. The van der Waals surface area contributed by atoms with Crippen molar-refractivity contribution in [2.24, 2.45) is 0 Å². The van der Waals surface area contributed by atoms with E-state index in [0.717, 1.165) is 31.2 Å². The molecule has 2 amide bonds. The Morgan fingerprint density at radius 2 is 1.62 bits per heavy atom. The minimum atomic E-state index is 0.0528. The van der Waals surface area contributed by atoms with Crippen molar-refractivity contribution in [1.82, 2.24) is 10.2 Å². The zero-order valence-electron chi connectivity index (χ0n) is 14.5. The van der Waals surface area contributed by atoms with Crippen molar-refractivity contribution in [2.75, 3.05) is 0 Å². The highest BCUT2D eigenvalue weighted by atomic mass is 16.3. The summed E-state index contributed by atoms with van der Waals surface area (Å²) in [7, 11) is 0. The third kappa shape index (κ3) is 4.43. The third-order valence-corrected chi connectivity index (χ3v) is 5.54. The lowest BCUT2D eigenvalue weighted by molar-refractivity contribution is 0.145. The van der Waals surface area contributed by atoms with Crippen LogP contribution < -0.4 is 5.32 Å². The van der Waals surface area contributed by atoms with Crippen LogP contribution in [-0.2, 0) is 6.54 Å². The Morgan fingerprint density at radius 1 is 1.00 bits per heavy atom. The van der Waals surface area contributed by atoms with Gasteiger partial charge in [-0.2, -0.15) is 0 Å². The standard InChI is InChI=1S/C20H30N2O2/c23-19-14-8-7-9-16(19)15-22(18-12-5-2-6-13-18)20(24)21-17-10-3-1-4-11-17/h7-9,14,17-18,23H,1-6,10-13,15H2,(H,21,24). The van der Waals surface area contributed by atoms with Crippen molar-refractivity contribution in [1.29, 1.82) is 0 Å². The molecule has 0 radical (unpaired) electrons. The summed E-state index contributed by atoms with van der Waals surface area (Å²) in [4.78, 5) is 14.9. The number of phenols is 1. The Labute approximate surface area is 145 Å². The largest absolute Gasteiger partial charge is 0.508 e. The number of benzene rings is 1. The summed E-state index contributed by atoms with van der Waals surface area (Å²) < 4.78 is 0. The molecule has 24 heavy (non-hydrogen) atoms. The molecule has 3 rings (SSSR count). The van der Waals surface area contributed by atoms with Crippen LogP contribution in [0.2, 0.25) is 0 Å². The van der Waals surface area contributed by atoms with Crippen LogP contribution >= 0.6 is 0 Å². The van der Waals surface area contributed by atoms with Crippen LogP contribution in [0.1, 0.15) is 69.8 Å². The normalized spacial score (nSPS) is 19.8. The monoisotopic (exact) mass is 330 g/mol. The first-order valence-electron chi connectivity index (χ1n) is 9.58. The van der Waals surface area contributed by atoms with E-state index in [2.05, 4.69) is 5.32 Å². The van der Waals surface area contributed by atoms with E-state index in [1.165, 1.54) is 38.5 Å². The molecule has 2 saturated carbocycles. The fourth-order valence-corrected chi connectivity index (χ4v) is 4.09. The van der Waals surface area contributed by atoms with Gasteiger partial charge < -0.3 is 15.3 Å². The van der Waals surface area contributed by atoms with Gasteiger partial charge >= 0.3 is 6.03 Å². The predicted octanol–water partition coefficient (Wildman–Crippen LogP) is 4.57. The van der Waals surface area contributed by atoms with E-state index in [4.69, 9.17) is 0 Å². The number of nitrogens with one attached hydrogen (secondary N) is 1. The van der Waals surface area contributed by atoms with E-state index in [-0.39, 0.29) is 11.8 Å². The molecule has 2 N–H and O–H groups in total. The summed E-state index contributed by atoms with van der Waals surface area (Å²) in [6, 6.07) is 8.03. The van der Waals surface area contributed by atoms with Crippen molar-refractivity contribution >= 4 is 6.03 Å². The van der Waals surface area contributed by atoms with E-state index in [1.54, 1.807) is 6.07 Å². The Hall–Kier alpha value is -1.71. The van der Waals surface area contributed by atoms with Crippen LogP contribution in [0.25, 0.3) is 0 Å². The van der Waals surface area contributed by atoms with Crippen LogP contribution in [0.3, 0.4) is 0 Å². The fourth-order valence-electron chi connectivity index (χ4n) is 4.09. The SMILES string of the molecule is O=C(NC1CCCCC1)N(Cc1ccccc1O)C1CCCCC1. The Morgan fingerprint density at radius 3 is 2.29 bits per heavy atom. The molecule has 0 aliphatic heterocycles. The lowest BCUT2D eigenvalue weighted by atomic mass is 9.93. The summed E-state index contributed by atoms with van der Waals surface area (Å²) >= 11 is 0. The average Bonchev–Trinajstić information content (AvgIpc) is 2.62. The summed E-state index contributed by atoms with van der Waals surface area (Å²) in [5.74, 6) is 0.281. The molecule has 0 aromatic heterocycles. The first-order valence-corrected chi connectivity index (χ1v) is 9.58. The topological polar surface area (TPSA) is 52.6 Å². The molecule has 0 saturated heterocycles. The van der Waals surface area contributed by atoms with E-state index in [9.17, 15) is 9.90 Å². The number of hydrogen-bond donors (Lipinski definition) is 2. The lowest BCUT2D eigenvalue weighted by Gasteiger charge is -2.36. The molecule has 2 fully saturated rings. The first kappa shape index (κ1) is 17.1. The Kier molecular flexibility index (Phi) is 6.00. The number of para-hydroxylation sites is 1. The van der Waals surface area contributed by atoms with Crippen LogP contribution in [0.4, 0.5) is 4.79 Å². The second kappa shape index (κ2) is 8.41. The van der Waals surface area contributed by atoms with Crippen molar-refractivity contribution in [3.05, 3.63) is 29.8 Å². The Balaban J connectivity index is 1.70. The molecule has 0 unspecified atom stereocenters. The molecule has 0 spiro atoms. The zero-order valence-corrected chi connectivity index (χ0v) is 14.5. The zero-order chi connectivity index (χ0) is 16.8. The smallest absolute Gasteiger partial charge is 0.318 e. The molecular weight excluding hydrogens is 300 g/mol. The second-order valence-corrected chi connectivity index (χ2v) is 7.33. The van der Waals surface area contributed by atoms with Gasteiger partial charge in [-0.25, -0.2) is 4.79 Å². The van der Waals surface area contributed by atoms with Crippen LogP contribution in [0.15, 0.2) is 24.3 Å². The maximum atomic E-state index is 13.0. The fraction of sp³-hybridized carbons (Fsp3) is 0.650. The third-order valence-electron chi connectivity index (χ3n) is 5.54. The van der Waals surface area contributed by atoms with Crippen LogP contribution in [0.5, 0.6) is 5.75 Å². The van der Waals surface area contributed by atoms with E-state index in [1.807, 2.05) is 23.1 Å². The van der Waals surface area contributed by atoms with Gasteiger partial charge in [-0.05, 0) is 31.7 Å². The number of urea groups is 1. The summed E-state index contributed by atoms with van der Waals surface area (Å²) in [5, 5.41) is 13.4. The van der Waals surface area contributed by atoms with Gasteiger partial charge in [0.25, 0.3) is 0 Å². The van der Waals surface area contributed by atoms with Crippen molar-refractivity contribution in [3.8, 4) is 5.75 Å². The maximum Gasteiger partial charge on any atom is 0.318 e. The molecule has 2 aliphatic rings. The molecule has 4 heteroatoms. The lowest BCUT2D eigenvalue weighted by Crippen LogP contribution is -2.49. The molecule has 0 heterocycles. The van der Waals surface area contributed by atoms with E-state index in [0.29, 0.717) is 18.6 Å². The van der Waals surface area contributed by atoms with Gasteiger partial charge in [0.05, 0.1) is 6.54 Å². The second-order valence-electron chi connectivity index (χ2n) is 7.33. The van der Waals surface area contributed by atoms with E-state index >= 15 is 0 Å². The molecule has 4 nitrogen and oxygen atoms in total. The minimum Gasteiger partial charge on any atom is -0.508 e. The summed E-state index contributed by atoms with van der Waals surface area (Å²) in [5.41, 5.74) is 0.835. The van der Waals surface area contributed by atoms with Gasteiger partial charge in [0.15, 0.2) is 0 Å². The molecule has 2 aliphatic carbocycles. The number of carbonyl (C=O) groups excluding carboxylic acids is 1. The number of rotatable bonds is 4. The Bertz CT molecular complexity index is 534. The number of phenolic OH excluding ortho intramolecular Hbond substituents is 1. The summed E-state index contributed by atoms with van der Waals surface area (Å²) in [6.07, 6.45) is 11.7. The van der Waals surface area contributed by atoms with Crippen molar-refractivity contribution in [3.63, 3.8) is 0 Å². The molecule has 0 atom stereocenters. The van der Waals surface area contributed by atoms with Gasteiger partial charge in [0.1, 0.15) is 5.75 Å². The maximum absolute atomic E-state index is 13.0. The van der Waals surface area contributed by atoms with Gasteiger partial charge in [-0.1, -0.05) is 56.7 Å². The van der Waals surface area contributed by atoms with Crippen LogP contribution in [0, 0.1) is 0 Å². The molecule has 132 valence electrons. The average molecular weight is 330 g/mol. The van der Waals surface area contributed by atoms with Gasteiger partial charge in [-0.15, -0.1) is 0 Å². The summed E-state index contributed by atoms with van der Waals surface area (Å²) in [6.45, 7) is 0.496. The van der Waals surface area contributed by atoms with Gasteiger partial charge in [-0.3, -0.25) is 0 Å². The number of hydrogen-bond acceptors (Lipinski definition) is 2. The minimum absolute atomic E-state index is 0.0528. The number of amides is 2. The molecule has 1 aromatic carbocycles. The number of carbonyl (C=O) groups is 1. The predicted molar refractivity (Wildman–Crippen MR) is 95.9 cm³/mol. The highest BCUT2D eigenvalue weighted by Gasteiger charge is 2.28. The van der Waals surface area contributed by atoms with Crippen molar-refractivity contribution in [2.45, 2.75) is 82.8 Å². The van der Waals surface area contributed by atoms with Crippen LogP contribution in [-0.4, -0.2) is 28.1 Å². The van der Waals surface area contributed by atoms with E-state index < -0.39 is 0 Å². The first-order chi connectivity index (χ1) is 11.7. The number of aromatic hydroxyl groups is 1. The highest BCUT2D eigenvalue weighted by molar-refractivity contribution is 5.75. The quantitative estimate of drug-likeness (QED) is 0.849.